The van der Waals surface area contributed by atoms with Crippen LogP contribution < -0.4 is 0 Å². The normalized spacial score (nSPS) is 38.0. The van der Waals surface area contributed by atoms with Crippen molar-refractivity contribution in [1.29, 1.82) is 0 Å². The Bertz CT molecular complexity index is 385. The Labute approximate surface area is 132 Å². The summed E-state index contributed by atoms with van der Waals surface area (Å²) in [4.78, 5) is 0. The zero-order chi connectivity index (χ0) is 16.4. The largest absolute Gasteiger partial charge is 0.393 e. The third-order valence-corrected chi connectivity index (χ3v) is 4.20. The summed E-state index contributed by atoms with van der Waals surface area (Å²) in [6.07, 6.45) is 1.09. The van der Waals surface area contributed by atoms with Crippen molar-refractivity contribution in [2.75, 3.05) is 13.2 Å². The van der Waals surface area contributed by atoms with Gasteiger partial charge in [0.1, 0.15) is 17.8 Å². The van der Waals surface area contributed by atoms with Crippen LogP contribution in [0.25, 0.3) is 0 Å². The van der Waals surface area contributed by atoms with E-state index >= 15 is 0 Å². The first-order valence-corrected chi connectivity index (χ1v) is 7.95. The zero-order valence-electron chi connectivity index (χ0n) is 13.7. The molecule has 0 radical (unpaired) electrons. The average Bonchev–Trinajstić information content (AvgIpc) is 2.90. The Kier molecular flexibility index (Phi) is 5.63. The van der Waals surface area contributed by atoms with Gasteiger partial charge in [-0.2, -0.15) is 0 Å². The molecule has 2 N–H and O–H groups in total. The van der Waals surface area contributed by atoms with E-state index < -0.39 is 36.0 Å². The maximum atomic E-state index is 10.5. The smallest absolute Gasteiger partial charge is 0.190 e. The van der Waals surface area contributed by atoms with Gasteiger partial charge in [0.05, 0.1) is 12.7 Å². The van der Waals surface area contributed by atoms with Crippen LogP contribution in [-0.2, 0) is 18.9 Å². The summed E-state index contributed by atoms with van der Waals surface area (Å²) >= 11 is 0. The molecule has 3 unspecified atom stereocenters. The van der Waals surface area contributed by atoms with Gasteiger partial charge >= 0.3 is 0 Å². The minimum atomic E-state index is -1.26. The monoisotopic (exact) mass is 316 g/mol. The topological polar surface area (TPSA) is 77.4 Å². The number of aliphatic hydroxyl groups is 2. The second-order valence-electron chi connectivity index (χ2n) is 6.38. The van der Waals surface area contributed by atoms with Crippen LogP contribution in [0.1, 0.15) is 40.0 Å². The fraction of sp³-hybridized carbons (Fsp3) is 0.875. The molecule has 2 fully saturated rings. The van der Waals surface area contributed by atoms with Gasteiger partial charge in [-0.3, -0.25) is 0 Å². The molecular weight excluding hydrogens is 288 g/mol. The van der Waals surface area contributed by atoms with E-state index in [1.807, 2.05) is 0 Å². The fourth-order valence-corrected chi connectivity index (χ4v) is 3.06. The highest BCUT2D eigenvalue weighted by Crippen LogP contribution is 2.45. The third-order valence-electron chi connectivity index (χ3n) is 4.20. The number of hydrogen-bond donors (Lipinski definition) is 2. The van der Waals surface area contributed by atoms with Crippen molar-refractivity contribution < 1.29 is 29.2 Å². The lowest BCUT2D eigenvalue weighted by atomic mass is 9.88. The Balaban J connectivity index is 2.22. The van der Waals surface area contributed by atoms with Gasteiger partial charge in [0.25, 0.3) is 0 Å². The summed E-state index contributed by atoms with van der Waals surface area (Å²) in [6, 6.07) is 0. The number of ether oxygens (including phenoxy) is 4. The van der Waals surface area contributed by atoms with Crippen LogP contribution in [0.2, 0.25) is 0 Å². The Hall–Kier alpha value is -0.500. The van der Waals surface area contributed by atoms with Crippen molar-refractivity contribution in [2.45, 2.75) is 76.0 Å². The summed E-state index contributed by atoms with van der Waals surface area (Å²) < 4.78 is 23.4. The quantitative estimate of drug-likeness (QED) is 0.520. The van der Waals surface area contributed by atoms with Gasteiger partial charge in [-0.15, -0.1) is 6.58 Å². The van der Waals surface area contributed by atoms with E-state index in [0.29, 0.717) is 6.61 Å². The molecule has 2 aliphatic heterocycles. The molecule has 5 atom stereocenters. The van der Waals surface area contributed by atoms with Crippen molar-refractivity contribution in [3.63, 3.8) is 0 Å². The van der Waals surface area contributed by atoms with Crippen LogP contribution >= 0.6 is 0 Å². The first-order valence-electron chi connectivity index (χ1n) is 7.95. The highest BCUT2D eigenvalue weighted by molar-refractivity contribution is 5.08. The van der Waals surface area contributed by atoms with Crippen LogP contribution in [-0.4, -0.2) is 59.4 Å². The van der Waals surface area contributed by atoms with E-state index in [0.717, 1.165) is 12.8 Å². The second kappa shape index (κ2) is 6.95. The fourth-order valence-electron chi connectivity index (χ4n) is 3.06. The molecule has 0 aromatic rings. The van der Waals surface area contributed by atoms with Gasteiger partial charge < -0.3 is 29.2 Å². The summed E-state index contributed by atoms with van der Waals surface area (Å²) in [5, 5.41) is 20.4. The lowest BCUT2D eigenvalue weighted by molar-refractivity contribution is -0.270. The van der Waals surface area contributed by atoms with Gasteiger partial charge in [0, 0.05) is 6.61 Å². The molecule has 22 heavy (non-hydrogen) atoms. The predicted molar refractivity (Wildman–Crippen MR) is 80.2 cm³/mol. The molecule has 0 aliphatic carbocycles. The number of hydrogen-bond acceptors (Lipinski definition) is 6. The number of aliphatic hydroxyl groups excluding tert-OH is 2. The van der Waals surface area contributed by atoms with Crippen molar-refractivity contribution >= 4 is 0 Å². The van der Waals surface area contributed by atoms with Crippen LogP contribution in [0.5, 0.6) is 0 Å². The minimum absolute atomic E-state index is 0.289. The number of unbranched alkanes of at least 4 members (excludes halogenated alkanes) is 1. The molecule has 0 aromatic carbocycles. The van der Waals surface area contributed by atoms with Crippen LogP contribution in [0.4, 0.5) is 0 Å². The van der Waals surface area contributed by atoms with Crippen LogP contribution in [0.3, 0.4) is 0 Å². The molecular formula is C16H28O6. The first kappa shape index (κ1) is 17.8. The molecule has 6 heteroatoms. The van der Waals surface area contributed by atoms with Crippen LogP contribution in [0.15, 0.2) is 12.7 Å². The maximum Gasteiger partial charge on any atom is 0.190 e. The minimum Gasteiger partial charge on any atom is -0.393 e. The molecule has 0 spiro atoms. The van der Waals surface area contributed by atoms with Gasteiger partial charge in [-0.25, -0.2) is 0 Å². The molecule has 128 valence electrons. The van der Waals surface area contributed by atoms with E-state index in [2.05, 4.69) is 13.5 Å². The van der Waals surface area contributed by atoms with Gasteiger partial charge in [-0.1, -0.05) is 19.4 Å². The van der Waals surface area contributed by atoms with E-state index in [9.17, 15) is 10.2 Å². The summed E-state index contributed by atoms with van der Waals surface area (Å²) in [5.41, 5.74) is -1.26. The lowest BCUT2D eigenvalue weighted by Gasteiger charge is -2.38. The molecule has 2 rings (SSSR count). The van der Waals surface area contributed by atoms with Gasteiger partial charge in [0.15, 0.2) is 12.1 Å². The predicted octanol–water partition coefficient (Wildman–Crippen LogP) is 1.35. The molecule has 0 saturated carbocycles. The van der Waals surface area contributed by atoms with Gasteiger partial charge in [-0.05, 0) is 26.7 Å². The molecule has 6 nitrogen and oxygen atoms in total. The molecule has 2 aliphatic rings. The average molecular weight is 316 g/mol. The van der Waals surface area contributed by atoms with Crippen molar-refractivity contribution in [3.05, 3.63) is 12.7 Å². The van der Waals surface area contributed by atoms with Crippen molar-refractivity contribution in [1.82, 2.24) is 0 Å². The second-order valence-corrected chi connectivity index (χ2v) is 6.38. The molecule has 2 saturated heterocycles. The first-order chi connectivity index (χ1) is 10.4. The number of rotatable bonds is 8. The molecule has 0 amide bonds. The van der Waals surface area contributed by atoms with E-state index in [-0.39, 0.29) is 13.0 Å². The summed E-state index contributed by atoms with van der Waals surface area (Å²) in [7, 11) is 0. The van der Waals surface area contributed by atoms with Crippen molar-refractivity contribution in [2.24, 2.45) is 0 Å². The summed E-state index contributed by atoms with van der Waals surface area (Å²) in [5.74, 6) is -0.771. The number of fused-ring (bicyclic) bond motifs is 1. The van der Waals surface area contributed by atoms with Gasteiger partial charge in [0.2, 0.25) is 0 Å². The lowest BCUT2D eigenvalue weighted by Crippen LogP contribution is -2.57. The molecule has 0 bridgehead atoms. The van der Waals surface area contributed by atoms with Crippen molar-refractivity contribution in [3.8, 4) is 0 Å². The Morgan fingerprint density at radius 3 is 2.64 bits per heavy atom. The Morgan fingerprint density at radius 1 is 1.32 bits per heavy atom. The maximum absolute atomic E-state index is 10.5. The standard InChI is InChI=1S/C16H28O6/c1-5-7-9-19-13-12-14(21-15(3,4)20-12)22-16(13,10-17)11(18)8-6-2/h6,11-14,17-18H,2,5,7-10H2,1,3-4H3/t11-,12?,13+,14?,16?/m0/s1. The van der Waals surface area contributed by atoms with E-state index in [1.165, 1.54) is 0 Å². The van der Waals surface area contributed by atoms with E-state index in [4.69, 9.17) is 18.9 Å². The van der Waals surface area contributed by atoms with Crippen LogP contribution in [0, 0.1) is 0 Å². The molecule has 2 heterocycles. The third kappa shape index (κ3) is 3.22. The highest BCUT2D eigenvalue weighted by Gasteiger charge is 2.64. The summed E-state index contributed by atoms with van der Waals surface area (Å²) in [6.45, 7) is 9.45. The Morgan fingerprint density at radius 2 is 2.05 bits per heavy atom. The molecule has 0 aromatic heterocycles. The SMILES string of the molecule is C=CC[C@H](O)C1(CO)OC2OC(C)(C)OC2[C@H]1OCCCC. The highest BCUT2D eigenvalue weighted by atomic mass is 16.8. The van der Waals surface area contributed by atoms with E-state index in [1.54, 1.807) is 19.9 Å². The zero-order valence-corrected chi connectivity index (χ0v) is 13.7.